The molecule has 0 spiro atoms. The maximum Gasteiger partial charge on any atom is 0.237 e. The monoisotopic (exact) mass is 479 g/mol. The molecule has 2 heterocycles. The van der Waals surface area contributed by atoms with Crippen LogP contribution in [-0.4, -0.2) is 44.6 Å². The summed E-state index contributed by atoms with van der Waals surface area (Å²) in [5.41, 5.74) is 0.994. The van der Waals surface area contributed by atoms with E-state index in [1.54, 1.807) is 32.5 Å². The number of anilines is 1. The molecule has 0 radical (unpaired) electrons. The van der Waals surface area contributed by atoms with E-state index in [9.17, 15) is 9.18 Å². The number of hydrogen-bond acceptors (Lipinski definition) is 6. The quantitative estimate of drug-likeness (QED) is 0.491. The van der Waals surface area contributed by atoms with Gasteiger partial charge in [0.15, 0.2) is 11.0 Å². The van der Waals surface area contributed by atoms with Crippen molar-refractivity contribution in [3.8, 4) is 11.4 Å². The number of nitrogens with one attached hydrogen (secondary N) is 1. The van der Waals surface area contributed by atoms with Gasteiger partial charge in [-0.05, 0) is 37.3 Å². The summed E-state index contributed by atoms with van der Waals surface area (Å²) in [6.07, 6.45) is 3.36. The van der Waals surface area contributed by atoms with E-state index in [0.29, 0.717) is 28.6 Å². The molecule has 7 nitrogen and oxygen atoms in total. The Bertz CT molecular complexity index is 986. The molecule has 0 saturated carbocycles. The average molecular weight is 480 g/mol. The number of halogens is 2. The summed E-state index contributed by atoms with van der Waals surface area (Å²) < 4.78 is 21.7. The van der Waals surface area contributed by atoms with Crippen molar-refractivity contribution in [3.05, 3.63) is 53.0 Å². The molecule has 1 unspecified atom stereocenters. The van der Waals surface area contributed by atoms with Gasteiger partial charge in [0.2, 0.25) is 5.91 Å². The summed E-state index contributed by atoms with van der Waals surface area (Å²) in [7, 11) is 1.62. The fraction of sp³-hybridized carbons (Fsp3) is 0.263. The minimum atomic E-state index is -0.520. The SMILES string of the molecule is COCCn1c(SC(C)C(=O)Nc2ccc(Br)cc2F)nnc1-c1ccncc1. The molecular formula is C19H19BrFN5O2S. The summed E-state index contributed by atoms with van der Waals surface area (Å²) >= 11 is 4.44. The van der Waals surface area contributed by atoms with Crippen LogP contribution in [0.25, 0.3) is 11.4 Å². The molecule has 0 aliphatic heterocycles. The topological polar surface area (TPSA) is 81.9 Å². The fourth-order valence-corrected chi connectivity index (χ4v) is 3.72. The molecule has 0 aliphatic rings. The largest absolute Gasteiger partial charge is 0.383 e. The Labute approximate surface area is 180 Å². The zero-order valence-corrected chi connectivity index (χ0v) is 18.2. The fourth-order valence-electron chi connectivity index (χ4n) is 2.51. The maximum atomic E-state index is 14.0. The van der Waals surface area contributed by atoms with Crippen LogP contribution in [-0.2, 0) is 16.1 Å². The van der Waals surface area contributed by atoms with E-state index in [4.69, 9.17) is 4.74 Å². The first-order valence-corrected chi connectivity index (χ1v) is 10.4. The van der Waals surface area contributed by atoms with E-state index < -0.39 is 11.1 Å². The normalized spacial score (nSPS) is 12.0. The number of nitrogens with zero attached hydrogens (tertiary/aromatic N) is 4. The van der Waals surface area contributed by atoms with E-state index in [1.165, 1.54) is 23.9 Å². The lowest BCUT2D eigenvalue weighted by atomic mass is 10.2. The minimum Gasteiger partial charge on any atom is -0.383 e. The third kappa shape index (κ3) is 5.40. The van der Waals surface area contributed by atoms with Gasteiger partial charge in [-0.25, -0.2) is 4.39 Å². The standard InChI is InChI=1S/C19H19BrFN5O2S/c1-12(18(27)23-16-4-3-14(20)11-15(16)21)29-19-25-24-17(26(19)9-10-28-2)13-5-7-22-8-6-13/h3-8,11-12H,9-10H2,1-2H3,(H,23,27). The first kappa shape index (κ1) is 21.4. The molecule has 1 atom stereocenters. The second-order valence-corrected chi connectivity index (χ2v) is 8.28. The zero-order valence-electron chi connectivity index (χ0n) is 15.8. The molecule has 29 heavy (non-hydrogen) atoms. The van der Waals surface area contributed by atoms with Gasteiger partial charge in [-0.15, -0.1) is 10.2 Å². The molecule has 3 rings (SSSR count). The number of methoxy groups -OCH3 is 1. The van der Waals surface area contributed by atoms with Crippen molar-refractivity contribution < 1.29 is 13.9 Å². The van der Waals surface area contributed by atoms with Gasteiger partial charge in [-0.2, -0.15) is 0 Å². The predicted molar refractivity (Wildman–Crippen MR) is 113 cm³/mol. The molecule has 0 saturated heterocycles. The third-order valence-corrected chi connectivity index (χ3v) is 5.59. The molecule has 1 N–H and O–H groups in total. The van der Waals surface area contributed by atoms with E-state index in [-0.39, 0.29) is 11.6 Å². The van der Waals surface area contributed by atoms with E-state index >= 15 is 0 Å². The lowest BCUT2D eigenvalue weighted by Gasteiger charge is -2.14. The van der Waals surface area contributed by atoms with Gasteiger partial charge in [0.05, 0.1) is 24.1 Å². The van der Waals surface area contributed by atoms with Crippen LogP contribution in [0.1, 0.15) is 6.92 Å². The van der Waals surface area contributed by atoms with Crippen LogP contribution in [0.4, 0.5) is 10.1 Å². The van der Waals surface area contributed by atoms with Crippen molar-refractivity contribution in [2.24, 2.45) is 0 Å². The van der Waals surface area contributed by atoms with Crippen LogP contribution in [0.2, 0.25) is 0 Å². The van der Waals surface area contributed by atoms with Crippen molar-refractivity contribution in [1.82, 2.24) is 19.7 Å². The van der Waals surface area contributed by atoms with E-state index in [0.717, 1.165) is 5.56 Å². The van der Waals surface area contributed by atoms with Gasteiger partial charge in [-0.3, -0.25) is 14.3 Å². The van der Waals surface area contributed by atoms with Crippen molar-refractivity contribution >= 4 is 39.3 Å². The number of rotatable bonds is 8. The summed E-state index contributed by atoms with van der Waals surface area (Å²) in [5, 5.41) is 11.2. The van der Waals surface area contributed by atoms with Crippen molar-refractivity contribution in [3.63, 3.8) is 0 Å². The number of ether oxygens (including phenoxy) is 1. The van der Waals surface area contributed by atoms with Crippen LogP contribution in [0, 0.1) is 5.82 Å². The number of carbonyl (C=O) groups excluding carboxylic acids is 1. The summed E-state index contributed by atoms with van der Waals surface area (Å²) in [4.78, 5) is 16.6. The summed E-state index contributed by atoms with van der Waals surface area (Å²) in [6, 6.07) is 8.16. The van der Waals surface area contributed by atoms with Crippen molar-refractivity contribution in [2.45, 2.75) is 23.9 Å². The molecular weight excluding hydrogens is 461 g/mol. The first-order valence-electron chi connectivity index (χ1n) is 8.74. The van der Waals surface area contributed by atoms with Crippen LogP contribution in [0.15, 0.2) is 52.4 Å². The summed E-state index contributed by atoms with van der Waals surface area (Å²) in [5.74, 6) is -0.172. The second-order valence-electron chi connectivity index (χ2n) is 6.06. The van der Waals surface area contributed by atoms with Crippen LogP contribution < -0.4 is 5.32 Å². The highest BCUT2D eigenvalue weighted by Crippen LogP contribution is 2.28. The maximum absolute atomic E-state index is 14.0. The Morgan fingerprint density at radius 3 is 2.76 bits per heavy atom. The number of aromatic nitrogens is 4. The highest BCUT2D eigenvalue weighted by molar-refractivity contribution is 9.10. The first-order chi connectivity index (χ1) is 14.0. The van der Waals surface area contributed by atoms with Crippen molar-refractivity contribution in [1.29, 1.82) is 0 Å². The zero-order chi connectivity index (χ0) is 20.8. The Morgan fingerprint density at radius 2 is 2.07 bits per heavy atom. The summed E-state index contributed by atoms with van der Waals surface area (Å²) in [6.45, 7) is 2.73. The molecule has 2 aromatic heterocycles. The van der Waals surface area contributed by atoms with E-state index in [1.807, 2.05) is 16.7 Å². The Balaban J connectivity index is 1.77. The molecule has 3 aromatic rings. The smallest absolute Gasteiger partial charge is 0.237 e. The second kappa shape index (κ2) is 9.95. The van der Waals surface area contributed by atoms with Gasteiger partial charge in [0, 0.05) is 29.5 Å². The number of carbonyl (C=O) groups is 1. The molecule has 0 aliphatic carbocycles. The molecule has 1 amide bonds. The minimum absolute atomic E-state index is 0.129. The lowest BCUT2D eigenvalue weighted by Crippen LogP contribution is -2.23. The number of pyridine rings is 1. The lowest BCUT2D eigenvalue weighted by molar-refractivity contribution is -0.115. The Morgan fingerprint density at radius 1 is 1.31 bits per heavy atom. The third-order valence-electron chi connectivity index (χ3n) is 4.01. The Kier molecular flexibility index (Phi) is 7.34. The Hall–Kier alpha value is -2.30. The average Bonchev–Trinajstić information content (AvgIpc) is 3.11. The van der Waals surface area contributed by atoms with E-state index in [2.05, 4.69) is 36.4 Å². The van der Waals surface area contributed by atoms with Gasteiger partial charge in [0.1, 0.15) is 5.82 Å². The van der Waals surface area contributed by atoms with Crippen LogP contribution in [0.5, 0.6) is 0 Å². The molecule has 10 heteroatoms. The van der Waals surface area contributed by atoms with Crippen molar-refractivity contribution in [2.75, 3.05) is 19.0 Å². The molecule has 0 bridgehead atoms. The number of thioether (sulfide) groups is 1. The van der Waals surface area contributed by atoms with Crippen LogP contribution >= 0.6 is 27.7 Å². The highest BCUT2D eigenvalue weighted by atomic mass is 79.9. The van der Waals surface area contributed by atoms with Gasteiger partial charge >= 0.3 is 0 Å². The highest BCUT2D eigenvalue weighted by Gasteiger charge is 2.21. The number of benzene rings is 1. The molecule has 0 fully saturated rings. The van der Waals surface area contributed by atoms with Gasteiger partial charge in [0.25, 0.3) is 0 Å². The number of hydrogen-bond donors (Lipinski definition) is 1. The van der Waals surface area contributed by atoms with Crippen LogP contribution in [0.3, 0.4) is 0 Å². The van der Waals surface area contributed by atoms with Gasteiger partial charge < -0.3 is 10.1 Å². The predicted octanol–water partition coefficient (Wildman–Crippen LogP) is 4.01. The van der Waals surface area contributed by atoms with Gasteiger partial charge in [-0.1, -0.05) is 27.7 Å². The number of amides is 1. The molecule has 152 valence electrons. The molecule has 1 aromatic carbocycles.